The standard InChI is InChI=1S/C18H17ClN2/c1-20-18(12-13-6-8-14(19)9-7-13)16-10-11-21-17-5-3-2-4-15(16)17/h2-11,18,20H,12H2,1H3. The number of benzene rings is 2. The summed E-state index contributed by atoms with van der Waals surface area (Å²) >= 11 is 5.95. The van der Waals surface area contributed by atoms with E-state index in [4.69, 9.17) is 11.6 Å². The van der Waals surface area contributed by atoms with E-state index >= 15 is 0 Å². The lowest BCUT2D eigenvalue weighted by atomic mass is 9.96. The Kier molecular flexibility index (Phi) is 4.18. The molecular formula is C18H17ClN2. The van der Waals surface area contributed by atoms with Crippen LogP contribution in [0.15, 0.2) is 60.8 Å². The van der Waals surface area contributed by atoms with Crippen molar-refractivity contribution >= 4 is 22.5 Å². The Balaban J connectivity index is 1.96. The summed E-state index contributed by atoms with van der Waals surface area (Å²) in [6.45, 7) is 0. The summed E-state index contributed by atoms with van der Waals surface area (Å²) in [5.41, 5.74) is 3.57. The Morgan fingerprint density at radius 1 is 1.05 bits per heavy atom. The molecule has 0 aliphatic carbocycles. The van der Waals surface area contributed by atoms with Gasteiger partial charge in [0.25, 0.3) is 0 Å². The summed E-state index contributed by atoms with van der Waals surface area (Å²) in [7, 11) is 2.00. The number of aromatic nitrogens is 1. The maximum Gasteiger partial charge on any atom is 0.0705 e. The van der Waals surface area contributed by atoms with Crippen LogP contribution in [0.2, 0.25) is 5.02 Å². The van der Waals surface area contributed by atoms with Gasteiger partial charge in [0.05, 0.1) is 5.52 Å². The molecule has 106 valence electrons. The first-order valence-corrected chi connectivity index (χ1v) is 7.41. The lowest BCUT2D eigenvalue weighted by Gasteiger charge is -2.18. The van der Waals surface area contributed by atoms with E-state index in [2.05, 4.69) is 40.6 Å². The second-order valence-corrected chi connectivity index (χ2v) is 5.53. The molecule has 3 heteroatoms. The van der Waals surface area contributed by atoms with E-state index in [0.29, 0.717) is 0 Å². The van der Waals surface area contributed by atoms with Crippen LogP contribution in [0.1, 0.15) is 17.2 Å². The predicted molar refractivity (Wildman–Crippen MR) is 88.7 cm³/mol. The zero-order valence-corrected chi connectivity index (χ0v) is 12.6. The lowest BCUT2D eigenvalue weighted by Crippen LogP contribution is -2.19. The van der Waals surface area contributed by atoms with E-state index < -0.39 is 0 Å². The number of nitrogens with one attached hydrogen (secondary N) is 1. The van der Waals surface area contributed by atoms with Crippen molar-refractivity contribution in [3.05, 3.63) is 76.9 Å². The maximum atomic E-state index is 5.95. The van der Waals surface area contributed by atoms with Gasteiger partial charge in [0, 0.05) is 22.6 Å². The second kappa shape index (κ2) is 6.25. The van der Waals surface area contributed by atoms with Crippen LogP contribution < -0.4 is 5.32 Å². The fourth-order valence-corrected chi connectivity index (χ4v) is 2.77. The van der Waals surface area contributed by atoms with Crippen molar-refractivity contribution in [2.75, 3.05) is 7.05 Å². The number of rotatable bonds is 4. The van der Waals surface area contributed by atoms with E-state index in [0.717, 1.165) is 17.0 Å². The average molecular weight is 297 g/mol. The molecule has 0 bridgehead atoms. The first-order chi connectivity index (χ1) is 10.3. The molecule has 1 atom stereocenters. The summed E-state index contributed by atoms with van der Waals surface area (Å²) in [6, 6.07) is 18.6. The number of pyridine rings is 1. The molecule has 1 heterocycles. The summed E-state index contributed by atoms with van der Waals surface area (Å²) in [6.07, 6.45) is 2.80. The van der Waals surface area contributed by atoms with Gasteiger partial charge in [-0.2, -0.15) is 0 Å². The van der Waals surface area contributed by atoms with Gasteiger partial charge in [-0.25, -0.2) is 0 Å². The number of nitrogens with zero attached hydrogens (tertiary/aromatic N) is 1. The fraction of sp³-hybridized carbons (Fsp3) is 0.167. The van der Waals surface area contributed by atoms with Crippen molar-refractivity contribution in [3.8, 4) is 0 Å². The Morgan fingerprint density at radius 2 is 1.81 bits per heavy atom. The van der Waals surface area contributed by atoms with Gasteiger partial charge in [-0.05, 0) is 48.9 Å². The van der Waals surface area contributed by atoms with Gasteiger partial charge in [-0.15, -0.1) is 0 Å². The minimum absolute atomic E-state index is 0.249. The van der Waals surface area contributed by atoms with Crippen LogP contribution in [0.25, 0.3) is 10.9 Å². The molecule has 0 saturated heterocycles. The van der Waals surface area contributed by atoms with Gasteiger partial charge >= 0.3 is 0 Å². The number of hydrogen-bond acceptors (Lipinski definition) is 2. The summed E-state index contributed by atoms with van der Waals surface area (Å²) in [4.78, 5) is 4.43. The third kappa shape index (κ3) is 3.07. The highest BCUT2D eigenvalue weighted by Crippen LogP contribution is 2.25. The molecule has 3 aromatic rings. The number of fused-ring (bicyclic) bond motifs is 1. The quantitative estimate of drug-likeness (QED) is 0.772. The molecule has 0 saturated carbocycles. The number of likely N-dealkylation sites (N-methyl/N-ethyl adjacent to an activating group) is 1. The highest BCUT2D eigenvalue weighted by Gasteiger charge is 2.13. The Labute approximate surface area is 129 Å². The maximum absolute atomic E-state index is 5.95. The molecule has 1 unspecified atom stereocenters. The van der Waals surface area contributed by atoms with Crippen LogP contribution >= 0.6 is 11.6 Å². The SMILES string of the molecule is CNC(Cc1ccc(Cl)cc1)c1ccnc2ccccc12. The molecule has 0 fully saturated rings. The molecule has 0 spiro atoms. The van der Waals surface area contributed by atoms with Gasteiger partial charge in [-0.1, -0.05) is 41.9 Å². The number of halogens is 1. The molecule has 0 aliphatic heterocycles. The molecular weight excluding hydrogens is 280 g/mol. The zero-order valence-electron chi connectivity index (χ0n) is 11.9. The van der Waals surface area contributed by atoms with Gasteiger partial charge in [0.1, 0.15) is 0 Å². The molecule has 3 rings (SSSR count). The highest BCUT2D eigenvalue weighted by molar-refractivity contribution is 6.30. The van der Waals surface area contributed by atoms with E-state index in [1.54, 1.807) is 0 Å². The molecule has 2 aromatic carbocycles. The van der Waals surface area contributed by atoms with Crippen LogP contribution in [-0.2, 0) is 6.42 Å². The van der Waals surface area contributed by atoms with Gasteiger partial charge < -0.3 is 5.32 Å². The fourth-order valence-electron chi connectivity index (χ4n) is 2.65. The van der Waals surface area contributed by atoms with Crippen molar-refractivity contribution in [3.63, 3.8) is 0 Å². The lowest BCUT2D eigenvalue weighted by molar-refractivity contribution is 0.596. The van der Waals surface area contributed by atoms with E-state index in [1.807, 2.05) is 37.5 Å². The largest absolute Gasteiger partial charge is 0.313 e. The van der Waals surface area contributed by atoms with Gasteiger partial charge in [0.2, 0.25) is 0 Å². The van der Waals surface area contributed by atoms with Crippen molar-refractivity contribution in [2.45, 2.75) is 12.5 Å². The minimum atomic E-state index is 0.249. The van der Waals surface area contributed by atoms with Gasteiger partial charge in [0.15, 0.2) is 0 Å². The van der Waals surface area contributed by atoms with Crippen LogP contribution in [0.5, 0.6) is 0 Å². The molecule has 0 radical (unpaired) electrons. The first kappa shape index (κ1) is 14.1. The molecule has 1 N–H and O–H groups in total. The van der Waals surface area contributed by atoms with Crippen LogP contribution in [0.3, 0.4) is 0 Å². The zero-order chi connectivity index (χ0) is 14.7. The Hall–Kier alpha value is -1.90. The molecule has 0 amide bonds. The minimum Gasteiger partial charge on any atom is -0.313 e. The second-order valence-electron chi connectivity index (χ2n) is 5.09. The normalized spacial score (nSPS) is 12.5. The number of para-hydroxylation sites is 1. The molecule has 2 nitrogen and oxygen atoms in total. The molecule has 1 aromatic heterocycles. The molecule has 0 aliphatic rings. The molecule has 21 heavy (non-hydrogen) atoms. The predicted octanol–water partition coefficient (Wildman–Crippen LogP) is 4.39. The summed E-state index contributed by atoms with van der Waals surface area (Å²) in [5.74, 6) is 0. The monoisotopic (exact) mass is 296 g/mol. The Morgan fingerprint density at radius 3 is 2.57 bits per heavy atom. The summed E-state index contributed by atoms with van der Waals surface area (Å²) in [5, 5.41) is 5.39. The van der Waals surface area contributed by atoms with Crippen molar-refractivity contribution in [1.82, 2.24) is 10.3 Å². The summed E-state index contributed by atoms with van der Waals surface area (Å²) < 4.78 is 0. The van der Waals surface area contributed by atoms with Crippen LogP contribution in [0.4, 0.5) is 0 Å². The Bertz CT molecular complexity index is 732. The first-order valence-electron chi connectivity index (χ1n) is 7.03. The smallest absolute Gasteiger partial charge is 0.0705 e. The third-order valence-electron chi connectivity index (χ3n) is 3.76. The van der Waals surface area contributed by atoms with Crippen molar-refractivity contribution in [1.29, 1.82) is 0 Å². The van der Waals surface area contributed by atoms with Crippen LogP contribution in [-0.4, -0.2) is 12.0 Å². The van der Waals surface area contributed by atoms with Gasteiger partial charge in [-0.3, -0.25) is 4.98 Å². The third-order valence-corrected chi connectivity index (χ3v) is 4.01. The highest BCUT2D eigenvalue weighted by atomic mass is 35.5. The average Bonchev–Trinajstić information content (AvgIpc) is 2.54. The topological polar surface area (TPSA) is 24.9 Å². The van der Waals surface area contributed by atoms with E-state index in [1.165, 1.54) is 16.5 Å². The van der Waals surface area contributed by atoms with Crippen molar-refractivity contribution in [2.24, 2.45) is 0 Å². The number of hydrogen-bond donors (Lipinski definition) is 1. The van der Waals surface area contributed by atoms with Crippen molar-refractivity contribution < 1.29 is 0 Å². The van der Waals surface area contributed by atoms with E-state index in [9.17, 15) is 0 Å². The van der Waals surface area contributed by atoms with Crippen LogP contribution in [0, 0.1) is 0 Å². The van der Waals surface area contributed by atoms with E-state index in [-0.39, 0.29) is 6.04 Å².